The Morgan fingerprint density at radius 2 is 2.06 bits per heavy atom. The van der Waals surface area contributed by atoms with Crippen LogP contribution in [-0.4, -0.2) is 32.3 Å². The van der Waals surface area contributed by atoms with Gasteiger partial charge in [0.05, 0.1) is 7.11 Å². The molecular weight excluding hydrogens is 212 g/mol. The van der Waals surface area contributed by atoms with E-state index in [9.17, 15) is 0 Å². The van der Waals surface area contributed by atoms with Crippen LogP contribution in [-0.2, 0) is 6.42 Å². The standard InChI is InChI=1S/C14H24N2O/c1-11(2)13-6-5-12(14(9-13)17-4)7-8-16(3)10-15/h5-6,9,11H,7-8,10,15H2,1-4H3. The number of likely N-dealkylation sites (N-methyl/N-ethyl adjacent to an activating group) is 1. The van der Waals surface area contributed by atoms with Crippen molar-refractivity contribution in [3.8, 4) is 5.75 Å². The second-order valence-corrected chi connectivity index (χ2v) is 4.74. The van der Waals surface area contributed by atoms with Gasteiger partial charge in [-0.25, -0.2) is 0 Å². The third kappa shape index (κ3) is 4.02. The van der Waals surface area contributed by atoms with E-state index in [4.69, 9.17) is 10.5 Å². The van der Waals surface area contributed by atoms with Gasteiger partial charge in [-0.3, -0.25) is 4.90 Å². The largest absolute Gasteiger partial charge is 0.496 e. The van der Waals surface area contributed by atoms with Crippen molar-refractivity contribution in [2.45, 2.75) is 26.2 Å². The van der Waals surface area contributed by atoms with E-state index in [-0.39, 0.29) is 0 Å². The van der Waals surface area contributed by atoms with Crippen molar-refractivity contribution in [1.29, 1.82) is 0 Å². The van der Waals surface area contributed by atoms with Crippen molar-refractivity contribution in [1.82, 2.24) is 4.90 Å². The van der Waals surface area contributed by atoms with Gasteiger partial charge < -0.3 is 10.5 Å². The number of rotatable bonds is 6. The highest BCUT2D eigenvalue weighted by atomic mass is 16.5. The molecule has 0 aromatic heterocycles. The topological polar surface area (TPSA) is 38.5 Å². The van der Waals surface area contributed by atoms with Crippen LogP contribution in [0.4, 0.5) is 0 Å². The number of methoxy groups -OCH3 is 1. The normalized spacial score (nSPS) is 11.2. The third-order valence-electron chi connectivity index (χ3n) is 3.05. The van der Waals surface area contributed by atoms with E-state index in [0.717, 1.165) is 18.7 Å². The lowest BCUT2D eigenvalue weighted by Crippen LogP contribution is -2.27. The molecule has 3 heteroatoms. The van der Waals surface area contributed by atoms with Gasteiger partial charge in [0.25, 0.3) is 0 Å². The van der Waals surface area contributed by atoms with Crippen molar-refractivity contribution in [3.63, 3.8) is 0 Å². The van der Waals surface area contributed by atoms with Crippen LogP contribution in [0.2, 0.25) is 0 Å². The Hall–Kier alpha value is -1.06. The maximum Gasteiger partial charge on any atom is 0.122 e. The third-order valence-corrected chi connectivity index (χ3v) is 3.05. The Morgan fingerprint density at radius 3 is 2.59 bits per heavy atom. The molecule has 0 bridgehead atoms. The van der Waals surface area contributed by atoms with E-state index in [1.165, 1.54) is 11.1 Å². The molecule has 1 rings (SSSR count). The summed E-state index contributed by atoms with van der Waals surface area (Å²) in [6, 6.07) is 6.49. The summed E-state index contributed by atoms with van der Waals surface area (Å²) >= 11 is 0. The zero-order valence-electron chi connectivity index (χ0n) is 11.4. The van der Waals surface area contributed by atoms with Crippen molar-refractivity contribution >= 4 is 0 Å². The fourth-order valence-corrected chi connectivity index (χ4v) is 1.73. The van der Waals surface area contributed by atoms with Crippen molar-refractivity contribution in [2.75, 3.05) is 27.4 Å². The number of ether oxygens (including phenoxy) is 1. The molecule has 0 aliphatic rings. The lowest BCUT2D eigenvalue weighted by Gasteiger charge is -2.16. The van der Waals surface area contributed by atoms with Gasteiger partial charge in [-0.1, -0.05) is 26.0 Å². The Labute approximate surface area is 105 Å². The number of nitrogens with zero attached hydrogens (tertiary/aromatic N) is 1. The van der Waals surface area contributed by atoms with Crippen LogP contribution in [0, 0.1) is 0 Å². The molecule has 17 heavy (non-hydrogen) atoms. The summed E-state index contributed by atoms with van der Waals surface area (Å²) in [5, 5.41) is 0. The second-order valence-electron chi connectivity index (χ2n) is 4.74. The molecule has 0 fully saturated rings. The lowest BCUT2D eigenvalue weighted by atomic mass is 10.00. The highest BCUT2D eigenvalue weighted by Crippen LogP contribution is 2.25. The van der Waals surface area contributed by atoms with E-state index < -0.39 is 0 Å². The average molecular weight is 236 g/mol. The van der Waals surface area contributed by atoms with Crippen LogP contribution in [0.3, 0.4) is 0 Å². The van der Waals surface area contributed by atoms with Gasteiger partial charge in [0.2, 0.25) is 0 Å². The number of nitrogens with two attached hydrogens (primary N) is 1. The number of hydrogen-bond acceptors (Lipinski definition) is 3. The number of benzene rings is 1. The molecule has 2 N–H and O–H groups in total. The Kier molecular flexibility index (Phi) is 5.45. The first kappa shape index (κ1) is 14.0. The molecule has 96 valence electrons. The molecule has 1 aromatic rings. The Morgan fingerprint density at radius 1 is 1.35 bits per heavy atom. The maximum atomic E-state index is 5.57. The average Bonchev–Trinajstić information content (AvgIpc) is 2.35. The summed E-state index contributed by atoms with van der Waals surface area (Å²) in [5.74, 6) is 1.52. The SMILES string of the molecule is COc1cc(C(C)C)ccc1CCN(C)CN. The Balaban J connectivity index is 2.78. The van der Waals surface area contributed by atoms with Crippen LogP contribution in [0.1, 0.15) is 30.9 Å². The lowest BCUT2D eigenvalue weighted by molar-refractivity contribution is 0.344. The highest BCUT2D eigenvalue weighted by Gasteiger charge is 2.07. The van der Waals surface area contributed by atoms with Gasteiger partial charge in [-0.05, 0) is 36.6 Å². The first-order valence-electron chi connectivity index (χ1n) is 6.14. The quantitative estimate of drug-likeness (QED) is 0.770. The molecule has 1 aromatic carbocycles. The van der Waals surface area contributed by atoms with E-state index in [2.05, 4.69) is 36.9 Å². The van der Waals surface area contributed by atoms with E-state index >= 15 is 0 Å². The van der Waals surface area contributed by atoms with Crippen LogP contribution in [0.5, 0.6) is 5.75 Å². The molecule has 0 amide bonds. The smallest absolute Gasteiger partial charge is 0.122 e. The molecule has 0 heterocycles. The predicted octanol–water partition coefficient (Wildman–Crippen LogP) is 2.21. The monoisotopic (exact) mass is 236 g/mol. The zero-order valence-corrected chi connectivity index (χ0v) is 11.4. The summed E-state index contributed by atoms with van der Waals surface area (Å²) in [6.45, 7) is 5.92. The van der Waals surface area contributed by atoms with Crippen LogP contribution >= 0.6 is 0 Å². The van der Waals surface area contributed by atoms with Gasteiger partial charge >= 0.3 is 0 Å². The fourth-order valence-electron chi connectivity index (χ4n) is 1.73. The minimum absolute atomic E-state index is 0.532. The molecule has 0 saturated heterocycles. The maximum absolute atomic E-state index is 5.57. The Bertz CT molecular complexity index is 350. The minimum atomic E-state index is 0.532. The fraction of sp³-hybridized carbons (Fsp3) is 0.571. The summed E-state index contributed by atoms with van der Waals surface area (Å²) in [4.78, 5) is 2.09. The van der Waals surface area contributed by atoms with Crippen molar-refractivity contribution in [2.24, 2.45) is 5.73 Å². The van der Waals surface area contributed by atoms with Gasteiger partial charge in [0.15, 0.2) is 0 Å². The summed E-state index contributed by atoms with van der Waals surface area (Å²) in [6.07, 6.45) is 0.968. The molecule has 0 radical (unpaired) electrons. The predicted molar refractivity (Wildman–Crippen MR) is 72.5 cm³/mol. The van der Waals surface area contributed by atoms with E-state index in [0.29, 0.717) is 12.6 Å². The summed E-state index contributed by atoms with van der Waals surface area (Å²) in [5.41, 5.74) is 8.13. The second kappa shape index (κ2) is 6.62. The first-order valence-corrected chi connectivity index (χ1v) is 6.14. The molecule has 0 aliphatic carbocycles. The van der Waals surface area contributed by atoms with Gasteiger partial charge in [-0.2, -0.15) is 0 Å². The molecule has 0 atom stereocenters. The van der Waals surface area contributed by atoms with Crippen molar-refractivity contribution in [3.05, 3.63) is 29.3 Å². The molecule has 0 spiro atoms. The first-order chi connectivity index (χ1) is 8.08. The zero-order chi connectivity index (χ0) is 12.8. The van der Waals surface area contributed by atoms with Crippen molar-refractivity contribution < 1.29 is 4.74 Å². The van der Waals surface area contributed by atoms with Gasteiger partial charge in [-0.15, -0.1) is 0 Å². The van der Waals surface area contributed by atoms with E-state index in [1.54, 1.807) is 7.11 Å². The van der Waals surface area contributed by atoms with Gasteiger partial charge in [0.1, 0.15) is 5.75 Å². The molecular formula is C14H24N2O. The van der Waals surface area contributed by atoms with Crippen LogP contribution in [0.15, 0.2) is 18.2 Å². The molecule has 0 unspecified atom stereocenters. The molecule has 3 nitrogen and oxygen atoms in total. The molecule has 0 aliphatic heterocycles. The summed E-state index contributed by atoms with van der Waals surface area (Å²) < 4.78 is 5.45. The minimum Gasteiger partial charge on any atom is -0.496 e. The van der Waals surface area contributed by atoms with E-state index in [1.807, 2.05) is 7.05 Å². The summed E-state index contributed by atoms with van der Waals surface area (Å²) in [7, 11) is 3.75. The van der Waals surface area contributed by atoms with Gasteiger partial charge in [0, 0.05) is 13.2 Å². The number of hydrogen-bond donors (Lipinski definition) is 1. The van der Waals surface area contributed by atoms with Crippen LogP contribution in [0.25, 0.3) is 0 Å². The molecule has 0 saturated carbocycles. The highest BCUT2D eigenvalue weighted by molar-refractivity contribution is 5.38. The van der Waals surface area contributed by atoms with Crippen LogP contribution < -0.4 is 10.5 Å².